The molecule has 0 aliphatic carbocycles. The van der Waals surface area contributed by atoms with E-state index < -0.39 is 11.9 Å². The summed E-state index contributed by atoms with van der Waals surface area (Å²) >= 11 is 15.0. The van der Waals surface area contributed by atoms with Crippen molar-refractivity contribution in [1.82, 2.24) is 19.1 Å². The minimum atomic E-state index is -0.580. The fourth-order valence-corrected chi connectivity index (χ4v) is 9.53. The first-order valence-electron chi connectivity index (χ1n) is 32.9. The number of unbranched alkanes of at least 4 members (excludes halogenated alkanes) is 10. The van der Waals surface area contributed by atoms with Crippen molar-refractivity contribution in [3.05, 3.63) is 184 Å². The number of benzene rings is 5. The van der Waals surface area contributed by atoms with E-state index in [2.05, 4.69) is 97.3 Å². The Labute approximate surface area is 582 Å². The first-order valence-corrected chi connectivity index (χ1v) is 35.0. The van der Waals surface area contributed by atoms with Crippen LogP contribution in [-0.4, -0.2) is 104 Å². The van der Waals surface area contributed by atoms with Gasteiger partial charge in [0.1, 0.15) is 28.7 Å². The smallest absolute Gasteiger partial charge is 0.338 e. The summed E-state index contributed by atoms with van der Waals surface area (Å²) in [6, 6.07) is 26.6. The second-order valence-electron chi connectivity index (χ2n) is 22.2. The topological polar surface area (TPSA) is 220 Å². The number of phenols is 1. The van der Waals surface area contributed by atoms with Gasteiger partial charge in [0.2, 0.25) is 0 Å². The van der Waals surface area contributed by atoms with E-state index >= 15 is 0 Å². The van der Waals surface area contributed by atoms with Crippen LogP contribution in [0.15, 0.2) is 128 Å². The summed E-state index contributed by atoms with van der Waals surface area (Å²) in [5.74, 6) is 2.57. The molecule has 0 aliphatic heterocycles. The van der Waals surface area contributed by atoms with Gasteiger partial charge in [-0.25, -0.2) is 19.6 Å². The number of aromatic nitrogens is 4. The molecule has 0 unspecified atom stereocenters. The van der Waals surface area contributed by atoms with Crippen molar-refractivity contribution in [1.29, 1.82) is 0 Å². The van der Waals surface area contributed by atoms with Crippen LogP contribution in [-0.2, 0) is 47.5 Å². The number of esters is 2. The molecular weight excluding hydrogens is 1320 g/mol. The van der Waals surface area contributed by atoms with E-state index in [4.69, 9.17) is 52.4 Å². The second-order valence-corrected chi connectivity index (χ2v) is 23.6. The Balaban J connectivity index is 0.000000400. The number of imidazole rings is 2. The molecule has 0 amide bonds. The van der Waals surface area contributed by atoms with Gasteiger partial charge in [0.25, 0.3) is 0 Å². The van der Waals surface area contributed by atoms with Crippen LogP contribution < -0.4 is 18.9 Å². The number of halogens is 3. The molecule has 7 rings (SSSR count). The zero-order valence-corrected chi connectivity index (χ0v) is 60.5. The number of alkyl halides is 3. The molecule has 0 saturated carbocycles. The van der Waals surface area contributed by atoms with Crippen molar-refractivity contribution in [3.8, 4) is 28.7 Å². The Morgan fingerprint density at radius 3 is 1.07 bits per heavy atom. The maximum atomic E-state index is 11.5. The number of hydrogen-bond donors (Lipinski definition) is 3. The highest BCUT2D eigenvalue weighted by Gasteiger charge is 2.14. The molecule has 7 aromatic rings. The zero-order valence-electron chi connectivity index (χ0n) is 57.4. The summed E-state index contributed by atoms with van der Waals surface area (Å²) in [6.45, 7) is 18.0. The van der Waals surface area contributed by atoms with E-state index in [0.29, 0.717) is 41.9 Å². The molecule has 20 heteroatoms. The molecule has 0 saturated heterocycles. The van der Waals surface area contributed by atoms with E-state index in [0.717, 1.165) is 111 Å². The maximum Gasteiger partial charge on any atom is 0.338 e. The number of Topliss-reactive ketones (excluding diaryl/α,β-unsaturated/α-hetero) is 2. The molecule has 0 fully saturated rings. The summed E-state index contributed by atoms with van der Waals surface area (Å²) in [5, 5.41) is 28.5. The number of nitrogens with zero attached hydrogens (tertiary/aromatic N) is 4. The third kappa shape index (κ3) is 37.0. The number of aliphatic hydroxyl groups excluding tert-OH is 2. The molecule has 0 atom stereocenters. The lowest BCUT2D eigenvalue weighted by molar-refractivity contribution is 0.0591. The van der Waals surface area contributed by atoms with Gasteiger partial charge in [0.15, 0.2) is 11.6 Å². The van der Waals surface area contributed by atoms with E-state index in [9.17, 15) is 24.3 Å². The second kappa shape index (κ2) is 52.0. The van der Waals surface area contributed by atoms with Crippen LogP contribution in [0.1, 0.15) is 220 Å². The van der Waals surface area contributed by atoms with Gasteiger partial charge < -0.3 is 52.9 Å². The van der Waals surface area contributed by atoms with Gasteiger partial charge >= 0.3 is 11.9 Å². The molecule has 5 aromatic carbocycles. The predicted octanol–water partition coefficient (Wildman–Crippen LogP) is 17.9. The minimum absolute atomic E-state index is 0.0286. The Bertz CT molecular complexity index is 3050. The monoisotopic (exact) mass is 1420 g/mol. The van der Waals surface area contributed by atoms with Gasteiger partial charge in [-0.1, -0.05) is 133 Å². The molecule has 2 heterocycles. The molecule has 522 valence electrons. The van der Waals surface area contributed by atoms with E-state index in [-0.39, 0.29) is 41.7 Å². The van der Waals surface area contributed by atoms with Crippen molar-refractivity contribution >= 4 is 62.6 Å². The first-order chi connectivity index (χ1) is 46.0. The van der Waals surface area contributed by atoms with Crippen LogP contribution in [0.2, 0.25) is 0 Å². The van der Waals surface area contributed by atoms with Crippen molar-refractivity contribution < 1.29 is 62.9 Å². The van der Waals surface area contributed by atoms with Gasteiger partial charge in [-0.05, 0) is 152 Å². The van der Waals surface area contributed by atoms with Gasteiger partial charge in [0.05, 0.1) is 77.6 Å². The number of carbonyl (C=O) groups is 4. The van der Waals surface area contributed by atoms with Gasteiger partial charge in [-0.15, -0.1) is 23.2 Å². The van der Waals surface area contributed by atoms with E-state index in [1.165, 1.54) is 120 Å². The summed E-state index contributed by atoms with van der Waals surface area (Å²) in [4.78, 5) is 53.3. The molecule has 95 heavy (non-hydrogen) atoms. The predicted molar refractivity (Wildman–Crippen MR) is 384 cm³/mol. The fourth-order valence-electron chi connectivity index (χ4n) is 8.82. The summed E-state index contributed by atoms with van der Waals surface area (Å²) in [5.41, 5.74) is 7.34. The quantitative estimate of drug-likeness (QED) is 0.0146. The highest BCUT2D eigenvalue weighted by molar-refractivity contribution is 9.09. The third-order valence-corrected chi connectivity index (χ3v) is 15.1. The van der Waals surface area contributed by atoms with Crippen molar-refractivity contribution in [3.63, 3.8) is 0 Å². The van der Waals surface area contributed by atoms with Crippen LogP contribution in [0.4, 0.5) is 0 Å². The van der Waals surface area contributed by atoms with Gasteiger partial charge in [-0.3, -0.25) is 9.59 Å². The normalized spacial score (nSPS) is 10.3. The van der Waals surface area contributed by atoms with Crippen molar-refractivity contribution in [2.75, 3.05) is 46.0 Å². The number of rotatable bonds is 35. The van der Waals surface area contributed by atoms with E-state index in [1.54, 1.807) is 30.6 Å². The number of methoxy groups -OCH3 is 2. The Morgan fingerprint density at radius 1 is 0.432 bits per heavy atom. The number of carbonyl (C=O) groups excluding carboxylic acids is 4. The Morgan fingerprint density at radius 2 is 0.747 bits per heavy atom. The van der Waals surface area contributed by atoms with Crippen LogP contribution in [0.3, 0.4) is 0 Å². The lowest BCUT2D eigenvalue weighted by Gasteiger charge is -2.12. The summed E-state index contributed by atoms with van der Waals surface area (Å²) < 4.78 is 36.1. The lowest BCUT2D eigenvalue weighted by Crippen LogP contribution is -2.06. The highest BCUT2D eigenvalue weighted by atomic mass is 79.9. The van der Waals surface area contributed by atoms with Crippen LogP contribution in [0.5, 0.6) is 28.7 Å². The lowest BCUT2D eigenvalue weighted by atomic mass is 10.1. The SMILES string of the molecule is CCCCCBr.CCCCCOc1cc(C(C)=O)cc(C(=O)OC)c1.CCCCCOc1cc(CCl)cc(CCl)c1.CCCCCOc1cc(CO)cc(CO)c1.CCCCCOc1cc(Cn2ccnc2)cc(Cn2ccnc2)c1.COC(=O)c1cc(O)cc(C(C)=O)c1. The standard InChI is InChI=1S/C19H24N4O.C15H20O4.C13H18Cl2O.C13H20O3.C10H10O4.C5H11Br/c1-2-3-4-9-24-19-11-17(13-22-7-5-20-15-22)10-18(12-19)14-23-8-6-21-16-23;1-4-5-6-7-19-14-9-12(11(2)16)8-13(10-14)15(17)18-3;2*1-2-3-4-5-16-13-7-11(9-14)6-12(8-13)10-15;1-6(11)7-3-8(10(13)14-2)5-9(12)4-7;1-2-3-4-5-6/h5-8,10-12,15-16H,2-4,9,13-14H2,1H3;8-10H,4-7H2,1-3H3;6-8H,2-5,9-10H2,1H3;6-8,14-15H,2-5,9-10H2,1H3;3-5,12H,1-2H3;2-5H2,1H3. The van der Waals surface area contributed by atoms with Gasteiger partial charge in [0, 0.05) is 66.1 Å². The number of hydrogen-bond acceptors (Lipinski definition) is 15. The summed E-state index contributed by atoms with van der Waals surface area (Å²) in [6.07, 6.45) is 28.8. The maximum absolute atomic E-state index is 11.5. The molecule has 0 spiro atoms. The number of phenolic OH excluding ortho intramolecular Hbond substituents is 1. The number of aromatic hydroxyl groups is 1. The number of ketones is 2. The zero-order chi connectivity index (χ0) is 70.0. The third-order valence-electron chi connectivity index (χ3n) is 13.9. The molecule has 17 nitrogen and oxygen atoms in total. The molecule has 2 aromatic heterocycles. The Kier molecular flexibility index (Phi) is 45.9. The first kappa shape index (κ1) is 83.9. The van der Waals surface area contributed by atoms with Crippen LogP contribution >= 0.6 is 39.1 Å². The largest absolute Gasteiger partial charge is 0.508 e. The fraction of sp³-hybridized carbons (Fsp3) is 0.467. The van der Waals surface area contributed by atoms with Crippen LogP contribution in [0.25, 0.3) is 0 Å². The minimum Gasteiger partial charge on any atom is -0.508 e. The van der Waals surface area contributed by atoms with Crippen molar-refractivity contribution in [2.45, 2.75) is 183 Å². The van der Waals surface area contributed by atoms with E-state index in [1.807, 2.05) is 55.4 Å². The Hall–Kier alpha value is -7.22. The average molecular weight is 1420 g/mol. The molecule has 0 bridgehead atoms. The molecular formula is C75H103BrCl2N4O13. The highest BCUT2D eigenvalue weighted by Crippen LogP contribution is 2.24. The average Bonchev–Trinajstić information content (AvgIpc) is 3.02. The van der Waals surface area contributed by atoms with Crippen molar-refractivity contribution in [2.24, 2.45) is 0 Å². The number of ether oxygens (including phenoxy) is 6. The summed E-state index contributed by atoms with van der Waals surface area (Å²) in [7, 11) is 2.55. The van der Waals surface area contributed by atoms with Crippen LogP contribution in [0, 0.1) is 0 Å². The molecule has 3 N–H and O–H groups in total. The van der Waals surface area contributed by atoms with Gasteiger partial charge in [-0.2, -0.15) is 0 Å². The molecule has 0 aliphatic rings. The number of aliphatic hydroxyl groups is 2. The molecule has 0 radical (unpaired) electrons.